The number of rotatable bonds is 5. The van der Waals surface area contributed by atoms with E-state index in [0.29, 0.717) is 65.8 Å². The van der Waals surface area contributed by atoms with Gasteiger partial charge in [-0.15, -0.1) is 0 Å². The van der Waals surface area contributed by atoms with E-state index in [1.165, 1.54) is 23.9 Å². The van der Waals surface area contributed by atoms with E-state index in [9.17, 15) is 24.8 Å². The molecule has 13 heteroatoms. The Balaban J connectivity index is 1.23. The zero-order valence-corrected chi connectivity index (χ0v) is 20.4. The lowest BCUT2D eigenvalue weighted by atomic mass is 10.1. The van der Waals surface area contributed by atoms with E-state index in [1.54, 1.807) is 16.7 Å². The van der Waals surface area contributed by atoms with Crippen LogP contribution in [0.2, 0.25) is 0 Å². The number of aromatic nitrogens is 3. The largest absolute Gasteiger partial charge is 0.477 e. The second-order valence-corrected chi connectivity index (χ2v) is 10.4. The number of H-pyrrole nitrogens is 1. The third-order valence-corrected chi connectivity index (χ3v) is 8.08. The minimum absolute atomic E-state index is 0.00176. The Morgan fingerprint density at radius 3 is 2.70 bits per heavy atom. The molecule has 4 aromatic rings. The second kappa shape index (κ2) is 8.56. The van der Waals surface area contributed by atoms with E-state index in [1.807, 2.05) is 11.8 Å². The van der Waals surface area contributed by atoms with Gasteiger partial charge in [0.2, 0.25) is 5.43 Å². The number of nitrogens with one attached hydrogen (secondary N) is 1. The number of aromatic amines is 1. The van der Waals surface area contributed by atoms with Crippen LogP contribution >= 0.6 is 11.8 Å². The molecule has 6 rings (SSSR count). The number of imidazole rings is 1. The van der Waals surface area contributed by atoms with Gasteiger partial charge in [-0.25, -0.2) is 14.2 Å². The van der Waals surface area contributed by atoms with Gasteiger partial charge in [0.25, 0.3) is 5.69 Å². The van der Waals surface area contributed by atoms with Crippen LogP contribution in [-0.2, 0) is 6.54 Å². The monoisotopic (exact) mass is 524 g/mol. The highest BCUT2D eigenvalue weighted by Crippen LogP contribution is 2.46. The lowest BCUT2D eigenvalue weighted by Crippen LogP contribution is -2.46. The molecule has 2 aliphatic rings. The van der Waals surface area contributed by atoms with Crippen molar-refractivity contribution in [2.24, 2.45) is 0 Å². The van der Waals surface area contributed by atoms with Crippen LogP contribution in [0.15, 0.2) is 40.2 Å². The number of piperazine rings is 1. The number of hydrogen-bond donors (Lipinski definition) is 2. The van der Waals surface area contributed by atoms with Gasteiger partial charge in [0.05, 0.1) is 44.1 Å². The van der Waals surface area contributed by atoms with Gasteiger partial charge >= 0.3 is 5.97 Å². The number of nitro benzene ring substituents is 1. The number of anilines is 1. The maximum Gasteiger partial charge on any atom is 0.342 e. The summed E-state index contributed by atoms with van der Waals surface area (Å²) in [4.78, 5) is 46.8. The van der Waals surface area contributed by atoms with Crippen LogP contribution in [0, 0.1) is 15.9 Å². The van der Waals surface area contributed by atoms with Crippen LogP contribution in [0.5, 0.6) is 0 Å². The normalized spacial score (nSPS) is 17.7. The number of aromatic carboxylic acids is 1. The molecule has 1 fully saturated rings. The molecule has 0 saturated carbocycles. The van der Waals surface area contributed by atoms with Crippen molar-refractivity contribution in [2.45, 2.75) is 23.9 Å². The number of carboxylic acid groups (broad SMARTS) is 1. The smallest absolute Gasteiger partial charge is 0.342 e. The van der Waals surface area contributed by atoms with E-state index in [-0.39, 0.29) is 22.0 Å². The summed E-state index contributed by atoms with van der Waals surface area (Å²) < 4.78 is 17.0. The molecule has 0 spiro atoms. The van der Waals surface area contributed by atoms with Gasteiger partial charge in [-0.05, 0) is 25.1 Å². The van der Waals surface area contributed by atoms with Crippen molar-refractivity contribution in [2.75, 3.05) is 31.1 Å². The molecule has 4 heterocycles. The van der Waals surface area contributed by atoms with Gasteiger partial charge in [0, 0.05) is 43.7 Å². The lowest BCUT2D eigenvalue weighted by molar-refractivity contribution is -0.384. The molecule has 11 nitrogen and oxygen atoms in total. The molecule has 190 valence electrons. The third-order valence-electron chi connectivity index (χ3n) is 6.90. The SMILES string of the molecule is CC1Sc2c(C(=O)O)c(=O)c3cc(F)c(N4CCN(Cc5nc6ccc([N+](=O)[O-])cc6[nH]5)CC4)cc3n21. The third kappa shape index (κ3) is 3.81. The van der Waals surface area contributed by atoms with Gasteiger partial charge in [-0.2, -0.15) is 0 Å². The fourth-order valence-corrected chi connectivity index (χ4v) is 6.22. The van der Waals surface area contributed by atoms with Crippen LogP contribution < -0.4 is 10.3 Å². The second-order valence-electron chi connectivity index (χ2n) is 9.13. The minimum Gasteiger partial charge on any atom is -0.477 e. The first-order valence-electron chi connectivity index (χ1n) is 11.6. The summed E-state index contributed by atoms with van der Waals surface area (Å²) in [5.74, 6) is -1.17. The predicted octanol–water partition coefficient (Wildman–Crippen LogP) is 3.57. The first-order chi connectivity index (χ1) is 17.7. The van der Waals surface area contributed by atoms with Gasteiger partial charge in [0.1, 0.15) is 17.2 Å². The van der Waals surface area contributed by atoms with Gasteiger partial charge < -0.3 is 19.6 Å². The summed E-state index contributed by atoms with van der Waals surface area (Å²) in [6.45, 7) is 4.79. The number of fused-ring (bicyclic) bond motifs is 4. The van der Waals surface area contributed by atoms with Crippen molar-refractivity contribution in [3.8, 4) is 0 Å². The number of thioether (sulfide) groups is 1. The molecule has 0 amide bonds. The molecule has 37 heavy (non-hydrogen) atoms. The summed E-state index contributed by atoms with van der Waals surface area (Å²) in [7, 11) is 0. The van der Waals surface area contributed by atoms with Crippen LogP contribution in [0.4, 0.5) is 15.8 Å². The minimum atomic E-state index is -1.31. The fourth-order valence-electron chi connectivity index (χ4n) is 5.06. The molecule has 0 bridgehead atoms. The van der Waals surface area contributed by atoms with Gasteiger partial charge in [-0.3, -0.25) is 19.8 Å². The Hall–Kier alpha value is -3.97. The first kappa shape index (κ1) is 23.4. The Bertz CT molecular complexity index is 1680. The lowest BCUT2D eigenvalue weighted by Gasteiger charge is -2.37. The number of nitro groups is 1. The number of pyridine rings is 1. The zero-order chi connectivity index (χ0) is 26.0. The average molecular weight is 525 g/mol. The summed E-state index contributed by atoms with van der Waals surface area (Å²) in [5.41, 5.74) is 1.19. The number of nitrogens with zero attached hydrogens (tertiary/aromatic N) is 5. The summed E-state index contributed by atoms with van der Waals surface area (Å²) in [6, 6.07) is 7.31. The fraction of sp³-hybridized carbons (Fsp3) is 0.292. The standard InChI is InChI=1S/C24H21FN6O5S/c1-12-30-18-10-19(15(25)9-14(18)22(32)21(24(33)34)23(30)37-12)29-6-4-28(5-7-29)11-20-26-16-3-2-13(31(35)36)8-17(16)27-20/h2-3,8-10,12H,4-7,11H2,1H3,(H,26,27)(H,33,34). The van der Waals surface area contributed by atoms with Crippen molar-refractivity contribution in [3.63, 3.8) is 0 Å². The molecule has 1 unspecified atom stereocenters. The topological polar surface area (TPSA) is 138 Å². The molecule has 2 aromatic heterocycles. The summed E-state index contributed by atoms with van der Waals surface area (Å²) in [5, 5.41) is 20.9. The molecular formula is C24H21FN6O5S. The van der Waals surface area contributed by atoms with E-state index in [2.05, 4.69) is 14.9 Å². The van der Waals surface area contributed by atoms with Crippen LogP contribution in [0.1, 0.15) is 28.5 Å². The Kier molecular flexibility index (Phi) is 5.42. The highest BCUT2D eigenvalue weighted by Gasteiger charge is 2.33. The van der Waals surface area contributed by atoms with Crippen molar-refractivity contribution in [3.05, 3.63) is 67.9 Å². The molecule has 0 aliphatic carbocycles. The quantitative estimate of drug-likeness (QED) is 0.296. The molecular weight excluding hydrogens is 503 g/mol. The molecule has 2 aliphatic heterocycles. The van der Waals surface area contributed by atoms with Gasteiger partial charge in [0.15, 0.2) is 0 Å². The summed E-state index contributed by atoms with van der Waals surface area (Å²) in [6.07, 6.45) is 0. The Morgan fingerprint density at radius 2 is 2.03 bits per heavy atom. The van der Waals surface area contributed by atoms with Crippen molar-refractivity contribution < 1.29 is 19.2 Å². The zero-order valence-electron chi connectivity index (χ0n) is 19.6. The summed E-state index contributed by atoms with van der Waals surface area (Å²) >= 11 is 1.31. The molecule has 0 radical (unpaired) electrons. The van der Waals surface area contributed by atoms with Crippen molar-refractivity contribution in [1.29, 1.82) is 0 Å². The number of hydrogen-bond acceptors (Lipinski definition) is 8. The maximum absolute atomic E-state index is 15.2. The molecule has 2 aromatic carbocycles. The van der Waals surface area contributed by atoms with Crippen LogP contribution in [0.3, 0.4) is 0 Å². The predicted molar refractivity (Wildman–Crippen MR) is 136 cm³/mol. The van der Waals surface area contributed by atoms with Crippen LogP contribution in [0.25, 0.3) is 21.9 Å². The first-order valence-corrected chi connectivity index (χ1v) is 12.5. The number of carbonyl (C=O) groups is 1. The Morgan fingerprint density at radius 1 is 1.27 bits per heavy atom. The molecule has 1 saturated heterocycles. The number of non-ortho nitro benzene ring substituents is 1. The Labute approximate surface area is 212 Å². The van der Waals surface area contributed by atoms with E-state index >= 15 is 4.39 Å². The van der Waals surface area contributed by atoms with Crippen molar-refractivity contribution in [1.82, 2.24) is 19.4 Å². The van der Waals surface area contributed by atoms with Gasteiger partial charge in [-0.1, -0.05) is 11.8 Å². The van der Waals surface area contributed by atoms with Crippen LogP contribution in [-0.4, -0.2) is 61.6 Å². The number of halogens is 1. The number of carboxylic acids is 1. The highest BCUT2D eigenvalue weighted by atomic mass is 32.2. The molecule has 1 atom stereocenters. The maximum atomic E-state index is 15.2. The van der Waals surface area contributed by atoms with E-state index < -0.39 is 22.1 Å². The molecule has 2 N–H and O–H groups in total. The average Bonchev–Trinajstić information content (AvgIpc) is 3.25. The van der Waals surface area contributed by atoms with Crippen molar-refractivity contribution >= 4 is 51.0 Å². The highest BCUT2D eigenvalue weighted by molar-refractivity contribution is 8.00. The van der Waals surface area contributed by atoms with E-state index in [4.69, 9.17) is 0 Å². The van der Waals surface area contributed by atoms with E-state index in [0.717, 1.165) is 6.07 Å². The number of benzene rings is 2.